The third kappa shape index (κ3) is 4.08. The molecule has 0 saturated carbocycles. The molecule has 0 aliphatic carbocycles. The molecule has 0 radical (unpaired) electrons. The SMILES string of the molecule is c1ccc2cc(-c3nc(-c4cccc5oc6ccccc6c45)nc(-c4cc5ccc6ccccc6c5c5sc6ccccc6c45)n3)ccc2c1. The number of aromatic nitrogens is 3. The van der Waals surface area contributed by atoms with Crippen molar-refractivity contribution in [1.29, 1.82) is 0 Å². The predicted molar refractivity (Wildman–Crippen MR) is 209 cm³/mol. The number of nitrogens with zero attached hydrogens (tertiary/aromatic N) is 3. The van der Waals surface area contributed by atoms with Crippen molar-refractivity contribution in [1.82, 2.24) is 15.0 Å². The van der Waals surface area contributed by atoms with Crippen LogP contribution in [0.2, 0.25) is 0 Å². The minimum Gasteiger partial charge on any atom is -0.456 e. The lowest BCUT2D eigenvalue weighted by Crippen LogP contribution is -2.01. The van der Waals surface area contributed by atoms with E-state index in [4.69, 9.17) is 19.4 Å². The highest BCUT2D eigenvalue weighted by atomic mass is 32.1. The van der Waals surface area contributed by atoms with Crippen LogP contribution in [-0.4, -0.2) is 15.0 Å². The van der Waals surface area contributed by atoms with Crippen molar-refractivity contribution >= 4 is 85.8 Å². The molecule has 0 unspecified atom stereocenters. The fraction of sp³-hybridized carbons (Fsp3) is 0. The van der Waals surface area contributed by atoms with Crippen LogP contribution in [-0.2, 0) is 0 Å². The van der Waals surface area contributed by atoms with Crippen LogP contribution < -0.4 is 0 Å². The van der Waals surface area contributed by atoms with Gasteiger partial charge in [0, 0.05) is 53.0 Å². The molecule has 5 heteroatoms. The van der Waals surface area contributed by atoms with Crippen molar-refractivity contribution in [3.8, 4) is 34.2 Å². The first kappa shape index (κ1) is 27.5. The Labute approximate surface area is 289 Å². The average molecular weight is 656 g/mol. The summed E-state index contributed by atoms with van der Waals surface area (Å²) in [6.45, 7) is 0. The van der Waals surface area contributed by atoms with E-state index in [9.17, 15) is 0 Å². The largest absolute Gasteiger partial charge is 0.456 e. The maximum absolute atomic E-state index is 6.30. The topological polar surface area (TPSA) is 51.8 Å². The molecule has 0 aliphatic heterocycles. The maximum Gasteiger partial charge on any atom is 0.164 e. The van der Waals surface area contributed by atoms with Crippen molar-refractivity contribution in [2.75, 3.05) is 0 Å². The second-order valence-electron chi connectivity index (χ2n) is 12.8. The van der Waals surface area contributed by atoms with Gasteiger partial charge in [0.15, 0.2) is 17.5 Å². The number of thiophene rings is 1. The van der Waals surface area contributed by atoms with Gasteiger partial charge in [0.25, 0.3) is 0 Å². The first-order valence-electron chi connectivity index (χ1n) is 16.7. The molecule has 0 fully saturated rings. The number of hydrogen-bond acceptors (Lipinski definition) is 5. The van der Waals surface area contributed by atoms with Gasteiger partial charge < -0.3 is 4.42 Å². The summed E-state index contributed by atoms with van der Waals surface area (Å²) in [5, 5.41) is 11.6. The molecule has 11 rings (SSSR count). The van der Waals surface area contributed by atoms with E-state index < -0.39 is 0 Å². The molecule has 232 valence electrons. The van der Waals surface area contributed by atoms with E-state index in [2.05, 4.69) is 121 Å². The number of para-hydroxylation sites is 1. The van der Waals surface area contributed by atoms with Gasteiger partial charge in [0.05, 0.1) is 0 Å². The molecule has 0 spiro atoms. The molecule has 3 heterocycles. The van der Waals surface area contributed by atoms with E-state index >= 15 is 0 Å². The molecule has 0 bridgehead atoms. The smallest absolute Gasteiger partial charge is 0.164 e. The lowest BCUT2D eigenvalue weighted by atomic mass is 9.96. The molecule has 0 atom stereocenters. The van der Waals surface area contributed by atoms with E-state index in [0.29, 0.717) is 17.5 Å². The van der Waals surface area contributed by atoms with Gasteiger partial charge in [0.2, 0.25) is 0 Å². The number of benzene rings is 8. The summed E-state index contributed by atoms with van der Waals surface area (Å²) in [7, 11) is 0. The summed E-state index contributed by atoms with van der Waals surface area (Å²) in [4.78, 5) is 15.9. The van der Waals surface area contributed by atoms with Crippen LogP contribution in [0.5, 0.6) is 0 Å². The Kier molecular flexibility index (Phi) is 5.80. The van der Waals surface area contributed by atoms with E-state index in [1.165, 1.54) is 41.7 Å². The Hall–Kier alpha value is -6.43. The van der Waals surface area contributed by atoms with Gasteiger partial charge in [-0.3, -0.25) is 0 Å². The first-order chi connectivity index (χ1) is 24.8. The van der Waals surface area contributed by atoms with Crippen molar-refractivity contribution in [2.24, 2.45) is 0 Å². The van der Waals surface area contributed by atoms with E-state index in [0.717, 1.165) is 49.4 Å². The summed E-state index contributed by atoms with van der Waals surface area (Å²) in [6, 6.07) is 53.2. The van der Waals surface area contributed by atoms with Crippen molar-refractivity contribution in [2.45, 2.75) is 0 Å². The molecular formula is C45H25N3OS. The zero-order valence-corrected chi connectivity index (χ0v) is 27.4. The summed E-state index contributed by atoms with van der Waals surface area (Å²) in [6.07, 6.45) is 0. The Bertz CT molecular complexity index is 3170. The Morgan fingerprint density at radius 1 is 0.400 bits per heavy atom. The molecule has 4 nitrogen and oxygen atoms in total. The summed E-state index contributed by atoms with van der Waals surface area (Å²) in [5.41, 5.74) is 4.50. The van der Waals surface area contributed by atoms with Gasteiger partial charge >= 0.3 is 0 Å². The lowest BCUT2D eigenvalue weighted by molar-refractivity contribution is 0.669. The number of rotatable bonds is 3. The van der Waals surface area contributed by atoms with Gasteiger partial charge in [-0.2, -0.15) is 0 Å². The van der Waals surface area contributed by atoms with Crippen LogP contribution in [0.15, 0.2) is 156 Å². The molecule has 3 aromatic heterocycles. The summed E-state index contributed by atoms with van der Waals surface area (Å²) in [5.74, 6) is 1.89. The zero-order chi connectivity index (χ0) is 32.8. The molecular weight excluding hydrogens is 631 g/mol. The standard InChI is InChI=1S/C45H25N3OS/c1-2-12-28-24-30(23-20-26(28)10-1)43-46-44(34-16-9-18-37-40(34)32-14-5-7-17-36(32)49-37)48-45(47-43)35-25-29-22-21-27-11-3-4-13-31(27)39(29)42-41(35)33-15-6-8-19-38(33)50-42/h1-25H. The van der Waals surface area contributed by atoms with Crippen molar-refractivity contribution < 1.29 is 4.42 Å². The molecule has 11 aromatic rings. The summed E-state index contributed by atoms with van der Waals surface area (Å²) >= 11 is 1.84. The van der Waals surface area contributed by atoms with Crippen LogP contribution in [0.1, 0.15) is 0 Å². The highest BCUT2D eigenvalue weighted by molar-refractivity contribution is 7.27. The maximum atomic E-state index is 6.30. The lowest BCUT2D eigenvalue weighted by Gasteiger charge is -2.13. The quantitative estimate of drug-likeness (QED) is 0.178. The number of hydrogen-bond donors (Lipinski definition) is 0. The van der Waals surface area contributed by atoms with E-state index in [-0.39, 0.29) is 0 Å². The number of fused-ring (bicyclic) bond motifs is 11. The predicted octanol–water partition coefficient (Wildman–Crippen LogP) is 12.6. The molecule has 0 N–H and O–H groups in total. The minimum absolute atomic E-state index is 0.613. The fourth-order valence-corrected chi connectivity index (χ4v) is 8.89. The van der Waals surface area contributed by atoms with E-state index in [1.54, 1.807) is 0 Å². The summed E-state index contributed by atoms with van der Waals surface area (Å²) < 4.78 is 8.78. The Balaban J connectivity index is 1.27. The molecule has 50 heavy (non-hydrogen) atoms. The van der Waals surface area contributed by atoms with Crippen LogP contribution in [0, 0.1) is 0 Å². The van der Waals surface area contributed by atoms with Gasteiger partial charge in [-0.25, -0.2) is 15.0 Å². The molecule has 0 aliphatic rings. The second kappa shape index (κ2) is 10.5. The van der Waals surface area contributed by atoms with Gasteiger partial charge in [-0.15, -0.1) is 11.3 Å². The van der Waals surface area contributed by atoms with Crippen LogP contribution >= 0.6 is 11.3 Å². The fourth-order valence-electron chi connectivity index (χ4n) is 7.59. The monoisotopic (exact) mass is 655 g/mol. The van der Waals surface area contributed by atoms with Crippen molar-refractivity contribution in [3.05, 3.63) is 152 Å². The van der Waals surface area contributed by atoms with Gasteiger partial charge in [-0.1, -0.05) is 121 Å². The van der Waals surface area contributed by atoms with Crippen LogP contribution in [0.3, 0.4) is 0 Å². The third-order valence-electron chi connectivity index (χ3n) is 9.88. The van der Waals surface area contributed by atoms with E-state index in [1.807, 2.05) is 41.7 Å². The first-order valence-corrected chi connectivity index (χ1v) is 17.5. The van der Waals surface area contributed by atoms with Crippen molar-refractivity contribution in [3.63, 3.8) is 0 Å². The Morgan fingerprint density at radius 2 is 1.06 bits per heavy atom. The average Bonchev–Trinajstić information content (AvgIpc) is 3.76. The highest BCUT2D eigenvalue weighted by Gasteiger charge is 2.22. The Morgan fingerprint density at radius 3 is 1.96 bits per heavy atom. The molecule has 8 aromatic carbocycles. The zero-order valence-electron chi connectivity index (χ0n) is 26.6. The highest BCUT2D eigenvalue weighted by Crippen LogP contribution is 2.46. The van der Waals surface area contributed by atoms with Gasteiger partial charge in [-0.05, 0) is 57.3 Å². The third-order valence-corrected chi connectivity index (χ3v) is 11.1. The minimum atomic E-state index is 0.613. The van der Waals surface area contributed by atoms with Crippen LogP contribution in [0.4, 0.5) is 0 Å². The van der Waals surface area contributed by atoms with Gasteiger partial charge in [0.1, 0.15) is 11.2 Å². The number of furan rings is 1. The second-order valence-corrected chi connectivity index (χ2v) is 13.8. The van der Waals surface area contributed by atoms with Crippen LogP contribution in [0.25, 0.3) is 109 Å². The molecule has 0 amide bonds. The molecule has 0 saturated heterocycles. The normalized spacial score (nSPS) is 12.0.